The number of benzene rings is 9. The van der Waals surface area contributed by atoms with Gasteiger partial charge in [0.25, 0.3) is 0 Å². The van der Waals surface area contributed by atoms with E-state index in [1.54, 1.807) is 0 Å². The van der Waals surface area contributed by atoms with Gasteiger partial charge in [-0.25, -0.2) is 0 Å². The fourth-order valence-electron chi connectivity index (χ4n) is 7.65. The van der Waals surface area contributed by atoms with Crippen LogP contribution in [0.15, 0.2) is 170 Å². The quantitative estimate of drug-likeness (QED) is 0.146. The third kappa shape index (κ3) is 4.03. The third-order valence-corrected chi connectivity index (χ3v) is 9.84. The lowest BCUT2D eigenvalue weighted by Gasteiger charge is -2.23. The zero-order chi connectivity index (χ0) is 30.9. The predicted molar refractivity (Wildman–Crippen MR) is 198 cm³/mol. The summed E-state index contributed by atoms with van der Waals surface area (Å²) in [6, 6.07) is 61.5. The minimum Gasteiger partial charge on any atom is -0.456 e. The minimum absolute atomic E-state index is 0.901. The molecule has 218 valence electrons. The predicted octanol–water partition coefficient (Wildman–Crippen LogP) is 13.1. The summed E-state index contributed by atoms with van der Waals surface area (Å²) in [5.41, 5.74) is 9.60. The zero-order valence-electron chi connectivity index (χ0n) is 25.6. The maximum absolute atomic E-state index is 6.60. The molecule has 0 atom stereocenters. The molecule has 0 N–H and O–H groups in total. The van der Waals surface area contributed by atoms with Gasteiger partial charge >= 0.3 is 0 Å². The standard InChI is InChI=1S/C46H28O/c1-2-9-29(10-3-1)33-23-24-39-41-16-8-15-40-36(25-26-42(46(40)41)47-43(39)28-33)31-17-20-32(21-18-31)44-38-14-7-5-12-34(38)27-35-22-19-30-11-4-6-13-37(30)45(35)44/h1-28H. The van der Waals surface area contributed by atoms with E-state index in [1.165, 1.54) is 76.5 Å². The van der Waals surface area contributed by atoms with Crippen molar-refractivity contribution in [2.75, 3.05) is 0 Å². The minimum atomic E-state index is 0.901. The molecular formula is C46H28O. The van der Waals surface area contributed by atoms with Crippen molar-refractivity contribution in [3.63, 3.8) is 0 Å². The number of hydrogen-bond donors (Lipinski definition) is 0. The molecule has 1 heterocycles. The molecule has 0 radical (unpaired) electrons. The zero-order valence-corrected chi connectivity index (χ0v) is 25.6. The van der Waals surface area contributed by atoms with Crippen LogP contribution in [-0.2, 0) is 0 Å². The second-order valence-corrected chi connectivity index (χ2v) is 12.5. The lowest BCUT2D eigenvalue weighted by atomic mass is 9.87. The van der Waals surface area contributed by atoms with E-state index >= 15 is 0 Å². The van der Waals surface area contributed by atoms with Gasteiger partial charge in [-0.2, -0.15) is 0 Å². The molecule has 0 aromatic heterocycles. The third-order valence-electron chi connectivity index (χ3n) is 9.84. The topological polar surface area (TPSA) is 9.23 Å². The molecule has 10 rings (SSSR count). The van der Waals surface area contributed by atoms with E-state index in [-0.39, 0.29) is 0 Å². The highest BCUT2D eigenvalue weighted by Crippen LogP contribution is 2.50. The first-order valence-corrected chi connectivity index (χ1v) is 16.2. The van der Waals surface area contributed by atoms with E-state index in [0.717, 1.165) is 22.6 Å². The van der Waals surface area contributed by atoms with Gasteiger partial charge in [0.15, 0.2) is 0 Å². The molecule has 0 saturated heterocycles. The Balaban J connectivity index is 1.12. The van der Waals surface area contributed by atoms with Crippen molar-refractivity contribution in [1.82, 2.24) is 0 Å². The maximum atomic E-state index is 6.60. The smallest absolute Gasteiger partial charge is 0.135 e. The lowest BCUT2D eigenvalue weighted by molar-refractivity contribution is 0.487. The summed E-state index contributed by atoms with van der Waals surface area (Å²) < 4.78 is 6.60. The van der Waals surface area contributed by atoms with Crippen LogP contribution in [0, 0.1) is 0 Å². The number of fused-ring (bicyclic) bond motifs is 6. The van der Waals surface area contributed by atoms with Gasteiger partial charge in [0, 0.05) is 10.9 Å². The molecular weight excluding hydrogens is 569 g/mol. The Labute approximate surface area is 272 Å². The first-order chi connectivity index (χ1) is 23.3. The largest absolute Gasteiger partial charge is 0.456 e. The van der Waals surface area contributed by atoms with E-state index in [9.17, 15) is 0 Å². The van der Waals surface area contributed by atoms with Gasteiger partial charge in [0.1, 0.15) is 11.5 Å². The molecule has 47 heavy (non-hydrogen) atoms. The molecule has 1 aliphatic rings. The highest BCUT2D eigenvalue weighted by molar-refractivity contribution is 6.22. The first kappa shape index (κ1) is 26.1. The molecule has 0 bridgehead atoms. The molecule has 0 spiro atoms. The summed E-state index contributed by atoms with van der Waals surface area (Å²) in [4.78, 5) is 0. The van der Waals surface area contributed by atoms with Crippen LogP contribution in [-0.4, -0.2) is 0 Å². The molecule has 1 heteroatoms. The maximum Gasteiger partial charge on any atom is 0.135 e. The molecule has 0 unspecified atom stereocenters. The molecule has 1 aliphatic heterocycles. The normalized spacial score (nSPS) is 12.0. The lowest BCUT2D eigenvalue weighted by Crippen LogP contribution is -1.98. The van der Waals surface area contributed by atoms with Crippen LogP contribution in [0.4, 0.5) is 0 Å². The van der Waals surface area contributed by atoms with Gasteiger partial charge in [-0.05, 0) is 101 Å². The monoisotopic (exact) mass is 596 g/mol. The van der Waals surface area contributed by atoms with Gasteiger partial charge < -0.3 is 4.74 Å². The van der Waals surface area contributed by atoms with Gasteiger partial charge in [-0.3, -0.25) is 0 Å². The Bertz CT molecular complexity index is 2680. The van der Waals surface area contributed by atoms with Gasteiger partial charge in [-0.1, -0.05) is 146 Å². The van der Waals surface area contributed by atoms with E-state index < -0.39 is 0 Å². The van der Waals surface area contributed by atoms with Gasteiger partial charge in [0.2, 0.25) is 0 Å². The van der Waals surface area contributed by atoms with E-state index in [0.29, 0.717) is 0 Å². The number of ether oxygens (including phenoxy) is 1. The van der Waals surface area contributed by atoms with Crippen LogP contribution in [0.1, 0.15) is 0 Å². The average Bonchev–Trinajstić information content (AvgIpc) is 3.14. The Hall–Kier alpha value is -6.18. The summed E-state index contributed by atoms with van der Waals surface area (Å²) in [6.45, 7) is 0. The second-order valence-electron chi connectivity index (χ2n) is 12.5. The molecule has 0 aliphatic carbocycles. The summed E-state index contributed by atoms with van der Waals surface area (Å²) in [6.07, 6.45) is 0. The van der Waals surface area contributed by atoms with Crippen LogP contribution in [0.25, 0.3) is 87.6 Å². The highest BCUT2D eigenvalue weighted by Gasteiger charge is 2.22. The molecule has 0 amide bonds. The van der Waals surface area contributed by atoms with Crippen molar-refractivity contribution >= 4 is 43.1 Å². The van der Waals surface area contributed by atoms with Crippen molar-refractivity contribution in [1.29, 1.82) is 0 Å². The van der Waals surface area contributed by atoms with Crippen LogP contribution < -0.4 is 4.74 Å². The average molecular weight is 597 g/mol. The Morgan fingerprint density at radius 1 is 0.298 bits per heavy atom. The van der Waals surface area contributed by atoms with Crippen molar-refractivity contribution in [2.24, 2.45) is 0 Å². The van der Waals surface area contributed by atoms with E-state index in [2.05, 4.69) is 164 Å². The van der Waals surface area contributed by atoms with E-state index in [1.807, 2.05) is 6.07 Å². The van der Waals surface area contributed by atoms with Crippen molar-refractivity contribution in [3.8, 4) is 56.0 Å². The van der Waals surface area contributed by atoms with Gasteiger partial charge in [-0.15, -0.1) is 0 Å². The fourth-order valence-corrected chi connectivity index (χ4v) is 7.65. The fraction of sp³-hybridized carbons (Fsp3) is 0. The summed E-state index contributed by atoms with van der Waals surface area (Å²) in [7, 11) is 0. The molecule has 0 fully saturated rings. The molecule has 9 aromatic carbocycles. The number of rotatable bonds is 3. The Morgan fingerprint density at radius 3 is 1.85 bits per heavy atom. The Kier molecular flexibility index (Phi) is 5.64. The Morgan fingerprint density at radius 2 is 0.979 bits per heavy atom. The summed E-state index contributed by atoms with van der Waals surface area (Å²) in [5, 5.41) is 10.0. The van der Waals surface area contributed by atoms with Crippen LogP contribution >= 0.6 is 0 Å². The summed E-state index contributed by atoms with van der Waals surface area (Å²) in [5.74, 6) is 1.81. The van der Waals surface area contributed by atoms with Crippen molar-refractivity contribution in [3.05, 3.63) is 170 Å². The van der Waals surface area contributed by atoms with Crippen molar-refractivity contribution < 1.29 is 4.74 Å². The highest BCUT2D eigenvalue weighted by atomic mass is 16.5. The molecule has 0 saturated carbocycles. The van der Waals surface area contributed by atoms with Crippen LogP contribution in [0.5, 0.6) is 11.5 Å². The van der Waals surface area contributed by atoms with Crippen molar-refractivity contribution in [2.45, 2.75) is 0 Å². The summed E-state index contributed by atoms with van der Waals surface area (Å²) >= 11 is 0. The molecule has 1 nitrogen and oxygen atoms in total. The molecule has 9 aromatic rings. The van der Waals surface area contributed by atoms with Gasteiger partial charge in [0.05, 0.1) is 0 Å². The first-order valence-electron chi connectivity index (χ1n) is 16.2. The van der Waals surface area contributed by atoms with Crippen LogP contribution in [0.3, 0.4) is 0 Å². The SMILES string of the molecule is c1ccc(-c2ccc3c(c2)Oc2ccc(-c4ccc(-c5c6ccccc6cc6ccc7ccccc7c56)cc4)c4cccc-3c24)cc1. The number of hydrogen-bond acceptors (Lipinski definition) is 1. The second kappa shape index (κ2) is 10.2. The van der Waals surface area contributed by atoms with E-state index in [4.69, 9.17) is 4.74 Å². The van der Waals surface area contributed by atoms with Crippen LogP contribution in [0.2, 0.25) is 0 Å².